The molecule has 4 nitrogen and oxygen atoms in total. The van der Waals surface area contributed by atoms with Crippen molar-refractivity contribution in [1.82, 2.24) is 19.7 Å². The Labute approximate surface area is 95.3 Å². The van der Waals surface area contributed by atoms with Gasteiger partial charge in [0.25, 0.3) is 0 Å². The van der Waals surface area contributed by atoms with Gasteiger partial charge in [-0.15, -0.1) is 0 Å². The van der Waals surface area contributed by atoms with Crippen molar-refractivity contribution in [3.8, 4) is 0 Å². The lowest BCUT2D eigenvalue weighted by atomic mass is 10.1. The van der Waals surface area contributed by atoms with Gasteiger partial charge in [0.15, 0.2) is 4.77 Å². The van der Waals surface area contributed by atoms with Gasteiger partial charge in [-0.25, -0.2) is 0 Å². The van der Waals surface area contributed by atoms with Gasteiger partial charge in [0.2, 0.25) is 0 Å². The van der Waals surface area contributed by atoms with Gasteiger partial charge in [-0.05, 0) is 45.1 Å². The van der Waals surface area contributed by atoms with Gasteiger partial charge in [-0.2, -0.15) is 5.10 Å². The Kier molecular flexibility index (Phi) is 3.53. The molecule has 1 aromatic heterocycles. The van der Waals surface area contributed by atoms with Crippen molar-refractivity contribution in [2.75, 3.05) is 19.6 Å². The van der Waals surface area contributed by atoms with Gasteiger partial charge in [0.1, 0.15) is 5.82 Å². The molecule has 15 heavy (non-hydrogen) atoms. The number of aromatic amines is 1. The van der Waals surface area contributed by atoms with Gasteiger partial charge < -0.3 is 9.47 Å². The van der Waals surface area contributed by atoms with E-state index in [0.717, 1.165) is 23.7 Å². The summed E-state index contributed by atoms with van der Waals surface area (Å²) in [5, 5.41) is 6.93. The highest BCUT2D eigenvalue weighted by Crippen LogP contribution is 2.08. The molecule has 0 aromatic carbocycles. The number of H-pyrrole nitrogens is 1. The lowest BCUT2D eigenvalue weighted by Gasteiger charge is -2.26. The van der Waals surface area contributed by atoms with Crippen molar-refractivity contribution >= 4 is 12.2 Å². The molecular weight excluding hydrogens is 208 g/mol. The van der Waals surface area contributed by atoms with E-state index in [1.165, 1.54) is 32.4 Å². The van der Waals surface area contributed by atoms with Crippen LogP contribution in [-0.4, -0.2) is 39.3 Å². The molecule has 0 spiro atoms. The Morgan fingerprint density at radius 1 is 1.27 bits per heavy atom. The van der Waals surface area contributed by atoms with Crippen molar-refractivity contribution in [2.24, 2.45) is 0 Å². The van der Waals surface area contributed by atoms with Crippen molar-refractivity contribution in [1.29, 1.82) is 0 Å². The van der Waals surface area contributed by atoms with Crippen LogP contribution in [0.5, 0.6) is 0 Å². The topological polar surface area (TPSA) is 36.9 Å². The number of nitrogens with one attached hydrogen (secondary N) is 1. The Morgan fingerprint density at radius 2 is 2.00 bits per heavy atom. The number of aromatic nitrogens is 3. The highest BCUT2D eigenvalue weighted by Gasteiger charge is 2.10. The number of hydrogen-bond acceptors (Lipinski definition) is 3. The summed E-state index contributed by atoms with van der Waals surface area (Å²) in [5.41, 5.74) is 0. The first-order chi connectivity index (χ1) is 7.27. The van der Waals surface area contributed by atoms with E-state index in [0.29, 0.717) is 0 Å². The number of likely N-dealkylation sites (tertiary alicyclic amines) is 1. The zero-order valence-electron chi connectivity index (χ0n) is 9.20. The fourth-order valence-corrected chi connectivity index (χ4v) is 2.35. The molecule has 0 saturated carbocycles. The molecule has 0 bridgehead atoms. The van der Waals surface area contributed by atoms with E-state index in [-0.39, 0.29) is 0 Å². The van der Waals surface area contributed by atoms with Gasteiger partial charge in [0.05, 0.1) is 0 Å². The Bertz CT molecular complexity index is 362. The molecule has 1 aromatic rings. The zero-order valence-corrected chi connectivity index (χ0v) is 10.0. The van der Waals surface area contributed by atoms with Crippen molar-refractivity contribution in [3.63, 3.8) is 0 Å². The van der Waals surface area contributed by atoms with Crippen LogP contribution in [0.2, 0.25) is 0 Å². The van der Waals surface area contributed by atoms with E-state index in [1.54, 1.807) is 0 Å². The third-order valence-corrected chi connectivity index (χ3v) is 3.35. The molecular formula is C10H18N4S. The van der Waals surface area contributed by atoms with E-state index in [9.17, 15) is 0 Å². The van der Waals surface area contributed by atoms with E-state index >= 15 is 0 Å². The minimum absolute atomic E-state index is 0.740. The minimum Gasteiger partial charge on any atom is -0.303 e. The van der Waals surface area contributed by atoms with Crippen LogP contribution in [0.4, 0.5) is 0 Å². The van der Waals surface area contributed by atoms with Gasteiger partial charge in [-0.3, -0.25) is 5.10 Å². The second kappa shape index (κ2) is 4.90. The summed E-state index contributed by atoms with van der Waals surface area (Å²) in [5.74, 6) is 0.983. The predicted octanol–water partition coefficient (Wildman–Crippen LogP) is 1.74. The standard InChI is InChI=1S/C10H18N4S/c1-9-11-12-10(15)14(9)8-7-13-5-3-2-4-6-13/h2-8H2,1H3,(H,12,15). The average Bonchev–Trinajstić information content (AvgIpc) is 2.58. The maximum Gasteiger partial charge on any atom is 0.195 e. The van der Waals surface area contributed by atoms with E-state index < -0.39 is 0 Å². The second-order valence-electron chi connectivity index (χ2n) is 4.13. The fraction of sp³-hybridized carbons (Fsp3) is 0.800. The van der Waals surface area contributed by atoms with E-state index in [1.807, 2.05) is 6.92 Å². The smallest absolute Gasteiger partial charge is 0.195 e. The number of aryl methyl sites for hydroxylation is 1. The molecule has 0 aliphatic carbocycles. The molecule has 1 fully saturated rings. The van der Waals surface area contributed by atoms with E-state index in [4.69, 9.17) is 12.2 Å². The highest BCUT2D eigenvalue weighted by atomic mass is 32.1. The first-order valence-corrected chi connectivity index (χ1v) is 6.02. The largest absolute Gasteiger partial charge is 0.303 e. The Balaban J connectivity index is 1.89. The van der Waals surface area contributed by atoms with Crippen LogP contribution in [0.15, 0.2) is 0 Å². The fourth-order valence-electron chi connectivity index (χ4n) is 2.08. The summed E-state index contributed by atoms with van der Waals surface area (Å²) in [6.07, 6.45) is 4.08. The number of nitrogens with zero attached hydrogens (tertiary/aromatic N) is 3. The molecule has 1 saturated heterocycles. The van der Waals surface area contributed by atoms with Crippen LogP contribution in [0.25, 0.3) is 0 Å². The van der Waals surface area contributed by atoms with Gasteiger partial charge in [0, 0.05) is 13.1 Å². The maximum absolute atomic E-state index is 5.17. The zero-order chi connectivity index (χ0) is 10.7. The predicted molar refractivity (Wildman–Crippen MR) is 62.4 cm³/mol. The maximum atomic E-state index is 5.17. The summed E-state index contributed by atoms with van der Waals surface area (Å²) in [6, 6.07) is 0. The van der Waals surface area contributed by atoms with Crippen LogP contribution < -0.4 is 0 Å². The summed E-state index contributed by atoms with van der Waals surface area (Å²) < 4.78 is 2.81. The third kappa shape index (κ3) is 2.66. The average molecular weight is 226 g/mol. The molecule has 1 aliphatic heterocycles. The second-order valence-corrected chi connectivity index (χ2v) is 4.52. The molecule has 0 amide bonds. The van der Waals surface area contributed by atoms with Crippen molar-refractivity contribution < 1.29 is 0 Å². The lowest BCUT2D eigenvalue weighted by molar-refractivity contribution is 0.220. The van der Waals surface area contributed by atoms with Crippen molar-refractivity contribution in [3.05, 3.63) is 10.6 Å². The van der Waals surface area contributed by atoms with Crippen molar-refractivity contribution in [2.45, 2.75) is 32.7 Å². The molecule has 0 unspecified atom stereocenters. The summed E-state index contributed by atoms with van der Waals surface area (Å²) >= 11 is 5.17. The van der Waals surface area contributed by atoms with Crippen LogP contribution in [0, 0.1) is 11.7 Å². The Morgan fingerprint density at radius 3 is 2.60 bits per heavy atom. The lowest BCUT2D eigenvalue weighted by Crippen LogP contribution is -2.32. The molecule has 1 N–H and O–H groups in total. The molecule has 2 rings (SSSR count). The molecule has 5 heteroatoms. The Hall–Kier alpha value is -0.680. The summed E-state index contributed by atoms with van der Waals surface area (Å²) in [4.78, 5) is 2.51. The first kappa shape index (κ1) is 10.8. The quantitative estimate of drug-likeness (QED) is 0.798. The highest BCUT2D eigenvalue weighted by molar-refractivity contribution is 7.71. The third-order valence-electron chi connectivity index (χ3n) is 3.04. The van der Waals surface area contributed by atoms with Crippen LogP contribution in [0.1, 0.15) is 25.1 Å². The van der Waals surface area contributed by atoms with Crippen LogP contribution in [-0.2, 0) is 6.54 Å². The molecule has 1 aliphatic rings. The minimum atomic E-state index is 0.740. The molecule has 84 valence electrons. The summed E-state index contributed by atoms with van der Waals surface area (Å²) in [7, 11) is 0. The number of rotatable bonds is 3. The monoisotopic (exact) mass is 226 g/mol. The SMILES string of the molecule is Cc1n[nH]c(=S)n1CCN1CCCCC1. The van der Waals surface area contributed by atoms with Crippen LogP contribution >= 0.6 is 12.2 Å². The van der Waals surface area contributed by atoms with Gasteiger partial charge in [-0.1, -0.05) is 6.42 Å². The molecule has 0 atom stereocenters. The normalized spacial score (nSPS) is 18.2. The molecule has 0 radical (unpaired) electrons. The summed E-state index contributed by atoms with van der Waals surface area (Å²) in [6.45, 7) is 6.52. The van der Waals surface area contributed by atoms with E-state index in [2.05, 4.69) is 19.7 Å². The van der Waals surface area contributed by atoms with Crippen LogP contribution in [0.3, 0.4) is 0 Å². The molecule has 2 heterocycles. The number of piperidine rings is 1. The van der Waals surface area contributed by atoms with Gasteiger partial charge >= 0.3 is 0 Å². The number of hydrogen-bond donors (Lipinski definition) is 1. The first-order valence-electron chi connectivity index (χ1n) is 5.61.